The third kappa shape index (κ3) is 3.66. The molecule has 4 atom stereocenters. The van der Waals surface area contributed by atoms with Gasteiger partial charge in [0.1, 0.15) is 17.7 Å². The number of aliphatic hydroxyl groups is 1. The van der Waals surface area contributed by atoms with E-state index in [1.54, 1.807) is 18.7 Å². The molecule has 9 heteroatoms. The molecule has 6 rings (SSSR count). The number of carbonyl (C=O) groups is 1. The predicted octanol–water partition coefficient (Wildman–Crippen LogP) is 3.07. The van der Waals surface area contributed by atoms with E-state index in [4.69, 9.17) is 4.74 Å². The van der Waals surface area contributed by atoms with Crippen molar-refractivity contribution in [1.82, 2.24) is 14.5 Å². The molecule has 1 unspecified atom stereocenters. The smallest absolute Gasteiger partial charge is 0.330 e. The second kappa shape index (κ2) is 8.92. The molecule has 2 saturated heterocycles. The monoisotopic (exact) mass is 503 g/mol. The van der Waals surface area contributed by atoms with Gasteiger partial charge in [0.25, 0.3) is 5.56 Å². The Labute approximate surface area is 210 Å². The second-order valence-electron chi connectivity index (χ2n) is 9.29. The number of fused-ring (bicyclic) bond motifs is 2. The quantitative estimate of drug-likeness (QED) is 0.415. The van der Waals surface area contributed by atoms with Crippen LogP contribution >= 0.6 is 11.8 Å². The number of carbonyl (C=O) groups excluding carboxylic acids is 1. The summed E-state index contributed by atoms with van der Waals surface area (Å²) in [6.45, 7) is 1.32. The number of aliphatic hydroxyl groups excluding tert-OH is 1. The molecule has 0 saturated carbocycles. The molecule has 2 aliphatic rings. The van der Waals surface area contributed by atoms with Gasteiger partial charge in [0.2, 0.25) is 5.91 Å². The molecule has 184 valence electrons. The van der Waals surface area contributed by atoms with E-state index in [9.17, 15) is 19.5 Å². The van der Waals surface area contributed by atoms with Crippen LogP contribution in [0.4, 0.5) is 0 Å². The lowest BCUT2D eigenvalue weighted by atomic mass is 9.95. The standard InChI is InChI=1S/C27H25N3O5S/c1-15-12-29(27(34)28-25(15)33)23-11-20(21(13-31)35-23)30-22(32)14-36-26(30)24-18-8-4-2-6-16(18)10-17-7-3-5-9-19(17)24/h2-10,12,20-21,23,26,31H,11,13-14H2,1H3,(H,28,33,34)/t20-,21+,23+,26?/m0/s1. The zero-order chi connectivity index (χ0) is 25.0. The third-order valence-corrected chi connectivity index (χ3v) is 8.35. The maximum Gasteiger partial charge on any atom is 0.330 e. The maximum atomic E-state index is 13.3. The van der Waals surface area contributed by atoms with Crippen molar-refractivity contribution in [3.8, 4) is 0 Å². The molecular weight excluding hydrogens is 478 g/mol. The third-order valence-electron chi connectivity index (χ3n) is 7.16. The van der Waals surface area contributed by atoms with Crippen molar-refractivity contribution in [3.63, 3.8) is 0 Å². The van der Waals surface area contributed by atoms with E-state index in [0.29, 0.717) is 17.7 Å². The van der Waals surface area contributed by atoms with Crippen LogP contribution in [0.1, 0.15) is 29.1 Å². The van der Waals surface area contributed by atoms with Gasteiger partial charge in [-0.2, -0.15) is 0 Å². The van der Waals surface area contributed by atoms with Crippen LogP contribution in [0.25, 0.3) is 21.5 Å². The number of nitrogens with one attached hydrogen (secondary N) is 1. The van der Waals surface area contributed by atoms with Crippen molar-refractivity contribution in [3.05, 3.63) is 92.8 Å². The minimum Gasteiger partial charge on any atom is -0.394 e. The molecule has 1 aromatic heterocycles. The van der Waals surface area contributed by atoms with Gasteiger partial charge in [-0.05, 0) is 34.5 Å². The summed E-state index contributed by atoms with van der Waals surface area (Å²) in [5.41, 5.74) is 0.428. The largest absolute Gasteiger partial charge is 0.394 e. The molecule has 2 N–H and O–H groups in total. The van der Waals surface area contributed by atoms with E-state index in [-0.39, 0.29) is 17.9 Å². The van der Waals surface area contributed by atoms with E-state index < -0.39 is 29.6 Å². The number of aromatic amines is 1. The van der Waals surface area contributed by atoms with E-state index >= 15 is 0 Å². The van der Waals surface area contributed by atoms with E-state index in [2.05, 4.69) is 35.3 Å². The molecule has 1 amide bonds. The van der Waals surface area contributed by atoms with Gasteiger partial charge in [-0.25, -0.2) is 4.79 Å². The van der Waals surface area contributed by atoms with Gasteiger partial charge in [0.15, 0.2) is 0 Å². The van der Waals surface area contributed by atoms with Crippen molar-refractivity contribution in [2.45, 2.75) is 37.1 Å². The number of nitrogens with zero attached hydrogens (tertiary/aromatic N) is 2. The van der Waals surface area contributed by atoms with Gasteiger partial charge < -0.3 is 14.7 Å². The zero-order valence-corrected chi connectivity index (χ0v) is 20.4. The Hall–Kier alpha value is -3.40. The van der Waals surface area contributed by atoms with Gasteiger partial charge in [-0.3, -0.25) is 19.1 Å². The zero-order valence-electron chi connectivity index (χ0n) is 19.6. The van der Waals surface area contributed by atoms with Gasteiger partial charge in [0, 0.05) is 23.7 Å². The number of aromatic nitrogens is 2. The summed E-state index contributed by atoms with van der Waals surface area (Å²) in [6, 6.07) is 18.1. The van der Waals surface area contributed by atoms with Crippen LogP contribution in [-0.2, 0) is 9.53 Å². The fraction of sp³-hybridized carbons (Fsp3) is 0.296. The summed E-state index contributed by atoms with van der Waals surface area (Å²) in [5, 5.41) is 14.3. The van der Waals surface area contributed by atoms with Crippen LogP contribution in [0.5, 0.6) is 0 Å². The van der Waals surface area contributed by atoms with Gasteiger partial charge in [0.05, 0.1) is 18.4 Å². The fourth-order valence-electron chi connectivity index (χ4n) is 5.48. The highest BCUT2D eigenvalue weighted by Gasteiger charge is 2.47. The summed E-state index contributed by atoms with van der Waals surface area (Å²) < 4.78 is 7.44. The van der Waals surface area contributed by atoms with Crippen LogP contribution in [0.15, 0.2) is 70.4 Å². The number of rotatable bonds is 4. The lowest BCUT2D eigenvalue weighted by Gasteiger charge is -2.33. The number of H-pyrrole nitrogens is 1. The fourth-order valence-corrected chi connectivity index (χ4v) is 6.78. The van der Waals surface area contributed by atoms with Gasteiger partial charge in [-0.15, -0.1) is 11.8 Å². The highest BCUT2D eigenvalue weighted by molar-refractivity contribution is 8.00. The molecule has 8 nitrogen and oxygen atoms in total. The minimum atomic E-state index is -0.710. The Balaban J connectivity index is 1.45. The molecule has 3 heterocycles. The molecule has 0 spiro atoms. The van der Waals surface area contributed by atoms with Crippen LogP contribution in [0.3, 0.4) is 0 Å². The average Bonchev–Trinajstić information content (AvgIpc) is 3.47. The van der Waals surface area contributed by atoms with Crippen LogP contribution in [-0.4, -0.2) is 50.0 Å². The summed E-state index contributed by atoms with van der Waals surface area (Å²) in [7, 11) is 0. The average molecular weight is 504 g/mol. The first-order valence-electron chi connectivity index (χ1n) is 11.9. The SMILES string of the molecule is Cc1cn([C@H]2C[C@H](N3C(=O)CSC3c3c4ccccc4cc4ccccc34)[C@@H](CO)O2)c(=O)[nH]c1=O. The van der Waals surface area contributed by atoms with Crippen molar-refractivity contribution in [2.24, 2.45) is 0 Å². The van der Waals surface area contributed by atoms with Gasteiger partial charge in [-0.1, -0.05) is 48.5 Å². The van der Waals surface area contributed by atoms with Gasteiger partial charge >= 0.3 is 5.69 Å². The number of hydrogen-bond acceptors (Lipinski definition) is 6. The Kier molecular flexibility index (Phi) is 5.70. The first kappa shape index (κ1) is 23.0. The normalized spacial score (nSPS) is 24.3. The lowest BCUT2D eigenvalue weighted by molar-refractivity contribution is -0.132. The molecule has 0 bridgehead atoms. The number of benzene rings is 3. The number of amides is 1. The summed E-state index contributed by atoms with van der Waals surface area (Å²) in [5.74, 6) is 0.291. The van der Waals surface area contributed by atoms with Crippen molar-refractivity contribution < 1.29 is 14.6 Å². The van der Waals surface area contributed by atoms with Crippen LogP contribution < -0.4 is 11.2 Å². The molecule has 36 heavy (non-hydrogen) atoms. The Morgan fingerprint density at radius 1 is 1.06 bits per heavy atom. The number of hydrogen-bond donors (Lipinski definition) is 2. The Bertz CT molecular complexity index is 1560. The molecule has 2 aliphatic heterocycles. The predicted molar refractivity (Wildman–Crippen MR) is 139 cm³/mol. The van der Waals surface area contributed by atoms with E-state index in [1.165, 1.54) is 10.8 Å². The maximum absolute atomic E-state index is 13.3. The lowest BCUT2D eigenvalue weighted by Crippen LogP contribution is -2.44. The highest BCUT2D eigenvalue weighted by Crippen LogP contribution is 2.48. The molecule has 0 aliphatic carbocycles. The first-order chi connectivity index (χ1) is 17.5. The summed E-state index contributed by atoms with van der Waals surface area (Å²) >= 11 is 1.57. The Morgan fingerprint density at radius 3 is 2.39 bits per heavy atom. The topological polar surface area (TPSA) is 105 Å². The first-order valence-corrected chi connectivity index (χ1v) is 12.9. The second-order valence-corrected chi connectivity index (χ2v) is 10.4. The van der Waals surface area contributed by atoms with Crippen LogP contribution in [0.2, 0.25) is 0 Å². The van der Waals surface area contributed by atoms with E-state index in [1.807, 2.05) is 29.2 Å². The molecular formula is C27H25N3O5S. The molecule has 3 aromatic carbocycles. The summed E-state index contributed by atoms with van der Waals surface area (Å²) in [4.78, 5) is 41.9. The molecule has 0 radical (unpaired) electrons. The minimum absolute atomic E-state index is 0.0280. The van der Waals surface area contributed by atoms with Crippen molar-refractivity contribution in [2.75, 3.05) is 12.4 Å². The highest BCUT2D eigenvalue weighted by atomic mass is 32.2. The number of ether oxygens (including phenoxy) is 1. The van der Waals surface area contributed by atoms with Crippen molar-refractivity contribution in [1.29, 1.82) is 0 Å². The molecule has 2 fully saturated rings. The summed E-state index contributed by atoms with van der Waals surface area (Å²) in [6.07, 6.45) is 0.417. The number of aryl methyl sites for hydroxylation is 1. The Morgan fingerprint density at radius 2 is 1.72 bits per heavy atom. The molecule has 4 aromatic rings. The number of thioether (sulfide) groups is 1. The van der Waals surface area contributed by atoms with Crippen molar-refractivity contribution >= 4 is 39.2 Å². The van der Waals surface area contributed by atoms with Crippen LogP contribution in [0, 0.1) is 6.92 Å². The van der Waals surface area contributed by atoms with E-state index in [0.717, 1.165) is 27.1 Å².